The van der Waals surface area contributed by atoms with E-state index in [1.54, 1.807) is 0 Å². The lowest BCUT2D eigenvalue weighted by Crippen LogP contribution is -2.35. The molecule has 0 bridgehead atoms. The maximum atomic E-state index is 3.73. The normalized spacial score (nSPS) is 21.8. The molecule has 100 valence electrons. The highest BCUT2D eigenvalue weighted by Gasteiger charge is 2.14. The molecule has 0 spiro atoms. The van der Waals surface area contributed by atoms with Gasteiger partial charge in [-0.3, -0.25) is 0 Å². The molecule has 1 N–H and O–H groups in total. The Kier molecular flexibility index (Phi) is 5.25. The fourth-order valence-corrected chi connectivity index (χ4v) is 3.52. The van der Waals surface area contributed by atoms with Gasteiger partial charge in [-0.2, -0.15) is 0 Å². The van der Waals surface area contributed by atoms with E-state index in [9.17, 15) is 0 Å². The van der Waals surface area contributed by atoms with Crippen molar-refractivity contribution >= 4 is 15.9 Å². The summed E-state index contributed by atoms with van der Waals surface area (Å²) in [5.74, 6) is 0.640. The molecule has 18 heavy (non-hydrogen) atoms. The third kappa shape index (κ3) is 3.58. The van der Waals surface area contributed by atoms with Crippen molar-refractivity contribution < 1.29 is 0 Å². The Balaban J connectivity index is 2.03. The minimum Gasteiger partial charge on any atom is -0.314 e. The molecule has 0 amide bonds. The number of hydrogen-bond donors (Lipinski definition) is 1. The van der Waals surface area contributed by atoms with Crippen LogP contribution in [0.2, 0.25) is 0 Å². The molecule has 0 aliphatic carbocycles. The molecular formula is C16H24BrN. The van der Waals surface area contributed by atoms with Crippen LogP contribution in [0, 0.1) is 0 Å². The first-order valence-corrected chi connectivity index (χ1v) is 8.01. The molecule has 0 aromatic heterocycles. The molecule has 2 heteroatoms. The molecule has 2 rings (SSSR count). The van der Waals surface area contributed by atoms with E-state index in [1.807, 2.05) is 0 Å². The lowest BCUT2D eigenvalue weighted by atomic mass is 9.94. The summed E-state index contributed by atoms with van der Waals surface area (Å²) in [6.07, 6.45) is 6.41. The largest absolute Gasteiger partial charge is 0.314 e. The van der Waals surface area contributed by atoms with Crippen molar-refractivity contribution in [3.63, 3.8) is 0 Å². The van der Waals surface area contributed by atoms with Crippen LogP contribution in [-0.4, -0.2) is 12.6 Å². The van der Waals surface area contributed by atoms with E-state index in [2.05, 4.69) is 53.3 Å². The van der Waals surface area contributed by atoms with E-state index in [0.717, 1.165) is 0 Å². The van der Waals surface area contributed by atoms with Crippen LogP contribution in [0.4, 0.5) is 0 Å². The number of benzene rings is 1. The zero-order chi connectivity index (χ0) is 13.0. The Bertz CT molecular complexity index is 383. The molecule has 2 unspecified atom stereocenters. The van der Waals surface area contributed by atoms with E-state index in [1.165, 1.54) is 54.2 Å². The molecule has 1 aliphatic heterocycles. The lowest BCUT2D eigenvalue weighted by molar-refractivity contribution is 0.399. The van der Waals surface area contributed by atoms with E-state index in [-0.39, 0.29) is 0 Å². The van der Waals surface area contributed by atoms with Gasteiger partial charge in [0.2, 0.25) is 0 Å². The number of halogens is 1. The first-order chi connectivity index (χ1) is 8.70. The van der Waals surface area contributed by atoms with Crippen molar-refractivity contribution in [2.24, 2.45) is 0 Å². The minimum absolute atomic E-state index is 0.640. The van der Waals surface area contributed by atoms with Crippen LogP contribution in [0.3, 0.4) is 0 Å². The van der Waals surface area contributed by atoms with Crippen LogP contribution in [0.1, 0.15) is 56.6 Å². The summed E-state index contributed by atoms with van der Waals surface area (Å²) in [6, 6.07) is 7.61. The Morgan fingerprint density at radius 3 is 2.83 bits per heavy atom. The summed E-state index contributed by atoms with van der Waals surface area (Å²) < 4.78 is 1.28. The zero-order valence-corrected chi connectivity index (χ0v) is 13.1. The first-order valence-electron chi connectivity index (χ1n) is 7.22. The lowest BCUT2D eigenvalue weighted by Gasteiger charge is -2.24. The van der Waals surface area contributed by atoms with E-state index in [4.69, 9.17) is 0 Å². The third-order valence-corrected chi connectivity index (χ3v) is 4.79. The SMILES string of the molecule is CCC(C)c1ccc(CC2CCCCN2)cc1Br. The molecule has 2 atom stereocenters. The smallest absolute Gasteiger partial charge is 0.0212 e. The van der Waals surface area contributed by atoms with Gasteiger partial charge in [0.25, 0.3) is 0 Å². The fourth-order valence-electron chi connectivity index (χ4n) is 2.70. The highest BCUT2D eigenvalue weighted by atomic mass is 79.9. The molecule has 1 heterocycles. The number of piperidine rings is 1. The molecule has 1 fully saturated rings. The maximum Gasteiger partial charge on any atom is 0.0212 e. The van der Waals surface area contributed by atoms with Gasteiger partial charge in [-0.25, -0.2) is 0 Å². The van der Waals surface area contributed by atoms with Crippen molar-refractivity contribution in [2.45, 2.75) is 57.9 Å². The van der Waals surface area contributed by atoms with Crippen LogP contribution in [0.5, 0.6) is 0 Å². The Morgan fingerprint density at radius 1 is 1.39 bits per heavy atom. The van der Waals surface area contributed by atoms with Gasteiger partial charge >= 0.3 is 0 Å². The van der Waals surface area contributed by atoms with Gasteiger partial charge in [-0.05, 0) is 55.3 Å². The van der Waals surface area contributed by atoms with Gasteiger partial charge in [0.1, 0.15) is 0 Å². The van der Waals surface area contributed by atoms with Gasteiger partial charge in [-0.15, -0.1) is 0 Å². The second-order valence-corrected chi connectivity index (χ2v) is 6.37. The van der Waals surface area contributed by atoms with Gasteiger partial charge in [0, 0.05) is 10.5 Å². The zero-order valence-electron chi connectivity index (χ0n) is 11.5. The fraction of sp³-hybridized carbons (Fsp3) is 0.625. The molecule has 1 saturated heterocycles. The van der Waals surface area contributed by atoms with Gasteiger partial charge < -0.3 is 5.32 Å². The topological polar surface area (TPSA) is 12.0 Å². The first kappa shape index (κ1) is 14.1. The summed E-state index contributed by atoms with van der Waals surface area (Å²) >= 11 is 3.73. The van der Waals surface area contributed by atoms with Gasteiger partial charge in [-0.1, -0.05) is 48.3 Å². The molecule has 1 aromatic rings. The van der Waals surface area contributed by atoms with Crippen molar-refractivity contribution in [3.8, 4) is 0 Å². The standard InChI is InChI=1S/C16H24BrN/c1-3-12(2)15-8-7-13(11-16(15)17)10-14-6-4-5-9-18-14/h7-8,11-12,14,18H,3-6,9-10H2,1-2H3. The van der Waals surface area contributed by atoms with Gasteiger partial charge in [0.15, 0.2) is 0 Å². The summed E-state index contributed by atoms with van der Waals surface area (Å²) in [5.41, 5.74) is 2.89. The second kappa shape index (κ2) is 6.72. The molecule has 1 aliphatic rings. The predicted octanol–water partition coefficient (Wildman–Crippen LogP) is 4.65. The molecule has 1 aromatic carbocycles. The molecule has 1 nitrogen and oxygen atoms in total. The van der Waals surface area contributed by atoms with E-state index >= 15 is 0 Å². The van der Waals surface area contributed by atoms with Crippen molar-refractivity contribution in [1.29, 1.82) is 0 Å². The number of rotatable bonds is 4. The summed E-state index contributed by atoms with van der Waals surface area (Å²) in [5, 5.41) is 3.62. The Labute approximate surface area is 119 Å². The van der Waals surface area contributed by atoms with Crippen LogP contribution < -0.4 is 5.32 Å². The van der Waals surface area contributed by atoms with Gasteiger partial charge in [0.05, 0.1) is 0 Å². The van der Waals surface area contributed by atoms with Crippen LogP contribution >= 0.6 is 15.9 Å². The van der Waals surface area contributed by atoms with E-state index in [0.29, 0.717) is 12.0 Å². The summed E-state index contributed by atoms with van der Waals surface area (Å²) in [6.45, 7) is 5.73. The highest BCUT2D eigenvalue weighted by molar-refractivity contribution is 9.10. The average Bonchev–Trinajstić information content (AvgIpc) is 2.39. The summed E-state index contributed by atoms with van der Waals surface area (Å²) in [7, 11) is 0. The predicted molar refractivity (Wildman–Crippen MR) is 82.2 cm³/mol. The van der Waals surface area contributed by atoms with Crippen LogP contribution in [0.15, 0.2) is 22.7 Å². The number of hydrogen-bond acceptors (Lipinski definition) is 1. The van der Waals surface area contributed by atoms with E-state index < -0.39 is 0 Å². The van der Waals surface area contributed by atoms with Crippen LogP contribution in [0.25, 0.3) is 0 Å². The third-order valence-electron chi connectivity index (χ3n) is 4.10. The minimum atomic E-state index is 0.640. The quantitative estimate of drug-likeness (QED) is 0.854. The Hall–Kier alpha value is -0.340. The molecule has 0 saturated carbocycles. The molecular weight excluding hydrogens is 286 g/mol. The van der Waals surface area contributed by atoms with Crippen LogP contribution in [-0.2, 0) is 6.42 Å². The number of nitrogens with one attached hydrogen (secondary N) is 1. The van der Waals surface area contributed by atoms with Crippen molar-refractivity contribution in [1.82, 2.24) is 5.32 Å². The highest BCUT2D eigenvalue weighted by Crippen LogP contribution is 2.28. The van der Waals surface area contributed by atoms with Crippen molar-refractivity contribution in [3.05, 3.63) is 33.8 Å². The maximum absolute atomic E-state index is 3.73. The average molecular weight is 310 g/mol. The van der Waals surface area contributed by atoms with Crippen molar-refractivity contribution in [2.75, 3.05) is 6.54 Å². The Morgan fingerprint density at radius 2 is 2.22 bits per heavy atom. The monoisotopic (exact) mass is 309 g/mol. The summed E-state index contributed by atoms with van der Waals surface area (Å²) in [4.78, 5) is 0. The second-order valence-electron chi connectivity index (χ2n) is 5.52. The molecule has 0 radical (unpaired) electrons.